The van der Waals surface area contributed by atoms with Gasteiger partial charge in [0.25, 0.3) is 0 Å². The van der Waals surface area contributed by atoms with Crippen LogP contribution in [0.15, 0.2) is 36.4 Å². The highest BCUT2D eigenvalue weighted by atomic mass is 32.1. The minimum Gasteiger partial charge on any atom is -0.387 e. The van der Waals surface area contributed by atoms with Gasteiger partial charge in [-0.2, -0.15) is 0 Å². The van der Waals surface area contributed by atoms with E-state index in [1.807, 2.05) is 13.0 Å². The number of aliphatic hydroxyl groups is 1. The summed E-state index contributed by atoms with van der Waals surface area (Å²) in [7, 11) is 0. The topological polar surface area (TPSA) is 20.2 Å². The maximum Gasteiger partial charge on any atom is 0.123 e. The number of rotatable bonds is 3. The number of hydrogen-bond donors (Lipinski definition) is 1. The van der Waals surface area contributed by atoms with E-state index >= 15 is 0 Å². The molecular formula is C13H13FOS. The fourth-order valence-corrected chi connectivity index (χ4v) is 2.66. The average molecular weight is 236 g/mol. The Labute approximate surface area is 97.8 Å². The molecule has 16 heavy (non-hydrogen) atoms. The van der Waals surface area contributed by atoms with E-state index in [9.17, 15) is 9.50 Å². The van der Waals surface area contributed by atoms with Crippen LogP contribution in [0, 0.1) is 5.82 Å². The van der Waals surface area contributed by atoms with Crippen LogP contribution in [-0.2, 0) is 0 Å². The summed E-state index contributed by atoms with van der Waals surface area (Å²) in [6, 6.07) is 6.51. The number of hydrogen-bond acceptors (Lipinski definition) is 2. The van der Waals surface area contributed by atoms with Crippen molar-refractivity contribution in [1.82, 2.24) is 0 Å². The number of fused-ring (bicyclic) bond motifs is 1. The van der Waals surface area contributed by atoms with Crippen LogP contribution < -0.4 is 0 Å². The van der Waals surface area contributed by atoms with Crippen molar-refractivity contribution in [3.8, 4) is 0 Å². The fourth-order valence-electron chi connectivity index (χ4n) is 1.63. The second kappa shape index (κ2) is 4.36. The highest BCUT2D eigenvalue weighted by Crippen LogP contribution is 2.32. The molecule has 0 fully saturated rings. The maximum absolute atomic E-state index is 13.0. The van der Waals surface area contributed by atoms with Crippen molar-refractivity contribution in [2.75, 3.05) is 0 Å². The summed E-state index contributed by atoms with van der Waals surface area (Å²) in [5, 5.41) is 10.8. The van der Waals surface area contributed by atoms with Crippen LogP contribution in [0.25, 0.3) is 10.1 Å². The molecule has 0 saturated heterocycles. The molecule has 0 aliphatic heterocycles. The Balaban J connectivity index is 2.35. The van der Waals surface area contributed by atoms with Gasteiger partial charge in [0.1, 0.15) is 5.82 Å². The Morgan fingerprint density at radius 1 is 1.50 bits per heavy atom. The molecule has 1 aromatic carbocycles. The van der Waals surface area contributed by atoms with Crippen LogP contribution in [0.1, 0.15) is 24.3 Å². The Kier molecular flexibility index (Phi) is 3.08. The Morgan fingerprint density at radius 2 is 2.25 bits per heavy atom. The van der Waals surface area contributed by atoms with Gasteiger partial charge in [-0.1, -0.05) is 5.57 Å². The van der Waals surface area contributed by atoms with Gasteiger partial charge in [0.05, 0.1) is 6.10 Å². The molecule has 1 heterocycles. The SMILES string of the molecule is C=C(C)CC(O)c1cc2cc(F)ccc2s1. The number of aliphatic hydroxyl groups excluding tert-OH is 1. The number of thiophene rings is 1. The lowest BCUT2D eigenvalue weighted by Gasteiger charge is -2.06. The summed E-state index contributed by atoms with van der Waals surface area (Å²) in [5.41, 5.74) is 0.941. The van der Waals surface area contributed by atoms with E-state index in [0.717, 1.165) is 20.5 Å². The van der Waals surface area contributed by atoms with Gasteiger partial charge in [-0.3, -0.25) is 0 Å². The molecule has 1 aromatic heterocycles. The first-order valence-electron chi connectivity index (χ1n) is 5.07. The minimum absolute atomic E-state index is 0.244. The first kappa shape index (κ1) is 11.3. The molecule has 1 unspecified atom stereocenters. The van der Waals surface area contributed by atoms with E-state index in [4.69, 9.17) is 0 Å². The van der Waals surface area contributed by atoms with Gasteiger partial charge in [-0.15, -0.1) is 17.9 Å². The van der Waals surface area contributed by atoms with Crippen LogP contribution in [0.2, 0.25) is 0 Å². The van der Waals surface area contributed by atoms with Crippen molar-refractivity contribution in [3.05, 3.63) is 47.1 Å². The van der Waals surface area contributed by atoms with Crippen molar-refractivity contribution in [3.63, 3.8) is 0 Å². The Morgan fingerprint density at radius 3 is 2.94 bits per heavy atom. The number of benzene rings is 1. The summed E-state index contributed by atoms with van der Waals surface area (Å²) >= 11 is 1.50. The third kappa shape index (κ3) is 2.31. The van der Waals surface area contributed by atoms with Gasteiger partial charge in [0.15, 0.2) is 0 Å². The molecule has 84 valence electrons. The predicted molar refractivity (Wildman–Crippen MR) is 66.2 cm³/mol. The van der Waals surface area contributed by atoms with E-state index < -0.39 is 6.10 Å². The molecule has 1 atom stereocenters. The monoisotopic (exact) mass is 236 g/mol. The first-order valence-corrected chi connectivity index (χ1v) is 5.89. The van der Waals surface area contributed by atoms with Gasteiger partial charge >= 0.3 is 0 Å². The van der Waals surface area contributed by atoms with Gasteiger partial charge in [-0.25, -0.2) is 4.39 Å². The quantitative estimate of drug-likeness (QED) is 0.797. The fraction of sp³-hybridized carbons (Fsp3) is 0.231. The van der Waals surface area contributed by atoms with Gasteiger partial charge < -0.3 is 5.11 Å². The summed E-state index contributed by atoms with van der Waals surface area (Å²) in [4.78, 5) is 0.864. The molecule has 0 aliphatic carbocycles. The average Bonchev–Trinajstić information content (AvgIpc) is 2.59. The second-order valence-electron chi connectivity index (χ2n) is 4.01. The third-order valence-corrected chi connectivity index (χ3v) is 3.58. The second-order valence-corrected chi connectivity index (χ2v) is 5.12. The maximum atomic E-state index is 13.0. The van der Waals surface area contributed by atoms with Gasteiger partial charge in [0, 0.05) is 9.58 Å². The molecular weight excluding hydrogens is 223 g/mol. The van der Waals surface area contributed by atoms with Crippen LogP contribution >= 0.6 is 11.3 Å². The highest BCUT2D eigenvalue weighted by Gasteiger charge is 2.11. The van der Waals surface area contributed by atoms with E-state index in [-0.39, 0.29) is 5.82 Å². The first-order chi connectivity index (χ1) is 7.56. The predicted octanol–water partition coefficient (Wildman–Crippen LogP) is 4.04. The zero-order valence-corrected chi connectivity index (χ0v) is 9.85. The normalized spacial score (nSPS) is 12.9. The summed E-state index contributed by atoms with van der Waals surface area (Å²) in [5.74, 6) is -0.244. The van der Waals surface area contributed by atoms with Crippen molar-refractivity contribution in [2.24, 2.45) is 0 Å². The molecule has 0 amide bonds. The lowest BCUT2D eigenvalue weighted by atomic mass is 10.1. The van der Waals surface area contributed by atoms with Crippen LogP contribution in [0.5, 0.6) is 0 Å². The third-order valence-electron chi connectivity index (χ3n) is 2.37. The molecule has 1 N–H and O–H groups in total. The molecule has 2 rings (SSSR count). The van der Waals surface area contributed by atoms with Gasteiger partial charge in [0.2, 0.25) is 0 Å². The summed E-state index contributed by atoms with van der Waals surface area (Å²) in [6.07, 6.45) is 0.0212. The Bertz CT molecular complexity index is 530. The van der Waals surface area contributed by atoms with E-state index in [1.165, 1.54) is 23.5 Å². The summed E-state index contributed by atoms with van der Waals surface area (Å²) in [6.45, 7) is 5.66. The van der Waals surface area contributed by atoms with Crippen molar-refractivity contribution in [1.29, 1.82) is 0 Å². The lowest BCUT2D eigenvalue weighted by molar-refractivity contribution is 0.182. The van der Waals surface area contributed by atoms with Crippen molar-refractivity contribution in [2.45, 2.75) is 19.4 Å². The molecule has 2 aromatic rings. The molecule has 0 bridgehead atoms. The molecule has 0 radical (unpaired) electrons. The van der Waals surface area contributed by atoms with E-state index in [1.54, 1.807) is 6.07 Å². The molecule has 0 saturated carbocycles. The molecule has 0 aliphatic rings. The minimum atomic E-state index is -0.530. The van der Waals surface area contributed by atoms with Gasteiger partial charge in [-0.05, 0) is 43.0 Å². The largest absolute Gasteiger partial charge is 0.387 e. The van der Waals surface area contributed by atoms with E-state index in [0.29, 0.717) is 6.42 Å². The summed E-state index contributed by atoms with van der Waals surface area (Å²) < 4.78 is 14.0. The lowest BCUT2D eigenvalue weighted by Crippen LogP contribution is -1.93. The number of halogens is 1. The van der Waals surface area contributed by atoms with Crippen LogP contribution in [0.4, 0.5) is 4.39 Å². The Hall–Kier alpha value is -1.19. The molecule has 3 heteroatoms. The smallest absolute Gasteiger partial charge is 0.123 e. The zero-order chi connectivity index (χ0) is 11.7. The van der Waals surface area contributed by atoms with Crippen LogP contribution in [0.3, 0.4) is 0 Å². The molecule has 1 nitrogen and oxygen atoms in total. The standard InChI is InChI=1S/C13H13FOS/c1-8(2)5-11(15)13-7-9-6-10(14)3-4-12(9)16-13/h3-4,6-7,11,15H,1,5H2,2H3. The van der Waals surface area contributed by atoms with Crippen molar-refractivity contribution < 1.29 is 9.50 Å². The van der Waals surface area contributed by atoms with Crippen LogP contribution in [-0.4, -0.2) is 5.11 Å². The zero-order valence-electron chi connectivity index (χ0n) is 9.03. The van der Waals surface area contributed by atoms with E-state index in [2.05, 4.69) is 6.58 Å². The highest BCUT2D eigenvalue weighted by molar-refractivity contribution is 7.19. The molecule has 0 spiro atoms. The van der Waals surface area contributed by atoms with Crippen molar-refractivity contribution >= 4 is 21.4 Å².